The molecule has 0 saturated carbocycles. The largest absolute Gasteiger partial charge is 0.383 e. The van der Waals surface area contributed by atoms with E-state index in [0.717, 1.165) is 12.2 Å². The van der Waals surface area contributed by atoms with Crippen LogP contribution in [0.1, 0.15) is 13.8 Å². The van der Waals surface area contributed by atoms with Crippen molar-refractivity contribution >= 4 is 5.69 Å². The van der Waals surface area contributed by atoms with Crippen LogP contribution in [0.4, 0.5) is 5.69 Å². The summed E-state index contributed by atoms with van der Waals surface area (Å²) in [6, 6.07) is 1.51. The van der Waals surface area contributed by atoms with Gasteiger partial charge in [0.15, 0.2) is 0 Å². The van der Waals surface area contributed by atoms with Gasteiger partial charge in [-0.25, -0.2) is 4.68 Å². The molecule has 0 amide bonds. The minimum Gasteiger partial charge on any atom is -0.383 e. The summed E-state index contributed by atoms with van der Waals surface area (Å²) >= 11 is 0. The summed E-state index contributed by atoms with van der Waals surface area (Å²) in [5.41, 5.74) is 0.559. The van der Waals surface area contributed by atoms with Crippen LogP contribution in [0.5, 0.6) is 0 Å². The summed E-state index contributed by atoms with van der Waals surface area (Å²) in [6.07, 6.45) is 6.71. The molecule has 1 rings (SSSR count). The maximum atomic E-state index is 11.4. The van der Waals surface area contributed by atoms with Crippen molar-refractivity contribution in [1.29, 1.82) is 0 Å². The molecule has 1 aromatic heterocycles. The average molecular weight is 205 g/mol. The molecule has 0 fully saturated rings. The van der Waals surface area contributed by atoms with Crippen molar-refractivity contribution in [2.75, 3.05) is 11.9 Å². The Hall–Kier alpha value is -1.76. The molecule has 0 spiro atoms. The van der Waals surface area contributed by atoms with Crippen molar-refractivity contribution in [1.82, 2.24) is 9.78 Å². The van der Waals surface area contributed by atoms with Crippen LogP contribution in [0.15, 0.2) is 17.1 Å². The summed E-state index contributed by atoms with van der Waals surface area (Å²) in [4.78, 5) is 11.4. The average Bonchev–Trinajstić information content (AvgIpc) is 2.19. The van der Waals surface area contributed by atoms with Gasteiger partial charge in [-0.05, 0) is 5.92 Å². The lowest BCUT2D eigenvalue weighted by Crippen LogP contribution is -2.22. The first-order valence-corrected chi connectivity index (χ1v) is 4.88. The third kappa shape index (κ3) is 3.47. The second-order valence-corrected chi connectivity index (χ2v) is 3.72. The van der Waals surface area contributed by atoms with Gasteiger partial charge in [-0.2, -0.15) is 5.10 Å². The van der Waals surface area contributed by atoms with E-state index >= 15 is 0 Å². The van der Waals surface area contributed by atoms with E-state index in [9.17, 15) is 4.79 Å². The van der Waals surface area contributed by atoms with E-state index in [2.05, 4.69) is 30.2 Å². The monoisotopic (exact) mass is 205 g/mol. The Bertz CT molecular complexity index is 415. The second kappa shape index (κ2) is 5.20. The van der Waals surface area contributed by atoms with Crippen molar-refractivity contribution in [2.24, 2.45) is 5.92 Å². The quantitative estimate of drug-likeness (QED) is 0.744. The predicted molar refractivity (Wildman–Crippen MR) is 60.7 cm³/mol. The fourth-order valence-electron chi connectivity index (χ4n) is 1.06. The van der Waals surface area contributed by atoms with Crippen LogP contribution in [0, 0.1) is 18.3 Å². The van der Waals surface area contributed by atoms with Gasteiger partial charge in [0.25, 0.3) is 5.56 Å². The zero-order chi connectivity index (χ0) is 11.3. The molecular weight excluding hydrogens is 190 g/mol. The van der Waals surface area contributed by atoms with Gasteiger partial charge >= 0.3 is 0 Å². The van der Waals surface area contributed by atoms with Crippen LogP contribution < -0.4 is 10.9 Å². The van der Waals surface area contributed by atoms with Crippen molar-refractivity contribution in [2.45, 2.75) is 20.4 Å². The molecule has 0 saturated heterocycles. The molecule has 80 valence electrons. The Balaban J connectivity index is 2.74. The fraction of sp³-hybridized carbons (Fsp3) is 0.455. The van der Waals surface area contributed by atoms with E-state index < -0.39 is 0 Å². The first-order valence-electron chi connectivity index (χ1n) is 4.88. The highest BCUT2D eigenvalue weighted by Gasteiger charge is 1.99. The van der Waals surface area contributed by atoms with Gasteiger partial charge in [-0.15, -0.1) is 6.42 Å². The van der Waals surface area contributed by atoms with E-state index in [-0.39, 0.29) is 12.1 Å². The normalized spacial score (nSPS) is 10.0. The molecule has 0 unspecified atom stereocenters. The Labute approximate surface area is 89.3 Å². The number of anilines is 1. The van der Waals surface area contributed by atoms with Crippen LogP contribution in [0.25, 0.3) is 0 Å². The molecule has 0 aliphatic heterocycles. The Kier molecular flexibility index (Phi) is 3.92. The molecule has 1 heterocycles. The van der Waals surface area contributed by atoms with Gasteiger partial charge in [-0.1, -0.05) is 19.8 Å². The molecule has 0 aliphatic rings. The van der Waals surface area contributed by atoms with Crippen molar-refractivity contribution in [3.8, 4) is 12.3 Å². The van der Waals surface area contributed by atoms with Crippen molar-refractivity contribution < 1.29 is 0 Å². The summed E-state index contributed by atoms with van der Waals surface area (Å²) in [5, 5.41) is 7.07. The highest BCUT2D eigenvalue weighted by atomic mass is 16.1. The first kappa shape index (κ1) is 11.3. The molecule has 0 aliphatic carbocycles. The van der Waals surface area contributed by atoms with E-state index in [1.54, 1.807) is 6.20 Å². The van der Waals surface area contributed by atoms with E-state index in [1.807, 2.05) is 0 Å². The Morgan fingerprint density at radius 2 is 2.40 bits per heavy atom. The third-order valence-electron chi connectivity index (χ3n) is 1.83. The summed E-state index contributed by atoms with van der Waals surface area (Å²) < 4.78 is 1.25. The zero-order valence-electron chi connectivity index (χ0n) is 9.03. The van der Waals surface area contributed by atoms with Crippen LogP contribution in [-0.4, -0.2) is 16.3 Å². The lowest BCUT2D eigenvalue weighted by molar-refractivity contribution is 0.658. The molecule has 4 heteroatoms. The molecule has 15 heavy (non-hydrogen) atoms. The van der Waals surface area contributed by atoms with Crippen LogP contribution >= 0.6 is 0 Å². The van der Waals surface area contributed by atoms with Gasteiger partial charge < -0.3 is 5.32 Å². The van der Waals surface area contributed by atoms with Gasteiger partial charge in [0, 0.05) is 12.6 Å². The molecule has 0 radical (unpaired) electrons. The van der Waals surface area contributed by atoms with E-state index in [0.29, 0.717) is 5.92 Å². The third-order valence-corrected chi connectivity index (χ3v) is 1.83. The molecule has 1 N–H and O–H groups in total. The summed E-state index contributed by atoms with van der Waals surface area (Å²) in [6.45, 7) is 5.23. The van der Waals surface area contributed by atoms with Crippen molar-refractivity contribution in [3.63, 3.8) is 0 Å². The number of hydrogen-bond donors (Lipinski definition) is 1. The zero-order valence-corrected chi connectivity index (χ0v) is 9.03. The van der Waals surface area contributed by atoms with E-state index in [4.69, 9.17) is 6.42 Å². The standard InChI is InChI=1S/C11H15N3O/c1-4-5-14-11(15)6-10(8-13-14)12-7-9(2)3/h1,6,8-9,12H,5,7H2,2-3H3. The molecular formula is C11H15N3O. The highest BCUT2D eigenvalue weighted by molar-refractivity contribution is 5.38. The van der Waals surface area contributed by atoms with Gasteiger partial charge in [0.05, 0.1) is 11.9 Å². The minimum atomic E-state index is -0.179. The van der Waals surface area contributed by atoms with Crippen LogP contribution in [0.2, 0.25) is 0 Å². The lowest BCUT2D eigenvalue weighted by atomic mass is 10.2. The smallest absolute Gasteiger partial charge is 0.269 e. The van der Waals surface area contributed by atoms with Crippen LogP contribution in [0.3, 0.4) is 0 Å². The molecule has 0 bridgehead atoms. The molecule has 0 atom stereocenters. The van der Waals surface area contributed by atoms with Crippen molar-refractivity contribution in [3.05, 3.63) is 22.6 Å². The maximum Gasteiger partial charge on any atom is 0.269 e. The number of aromatic nitrogens is 2. The number of hydrogen-bond acceptors (Lipinski definition) is 3. The highest BCUT2D eigenvalue weighted by Crippen LogP contribution is 2.01. The van der Waals surface area contributed by atoms with Crippen LogP contribution in [-0.2, 0) is 6.54 Å². The Morgan fingerprint density at radius 3 is 2.93 bits per heavy atom. The summed E-state index contributed by atoms with van der Waals surface area (Å²) in [7, 11) is 0. The summed E-state index contributed by atoms with van der Waals surface area (Å²) in [5.74, 6) is 2.90. The van der Waals surface area contributed by atoms with Gasteiger partial charge in [-0.3, -0.25) is 4.79 Å². The number of nitrogens with zero attached hydrogens (tertiary/aromatic N) is 2. The molecule has 0 aromatic carbocycles. The van der Waals surface area contributed by atoms with Gasteiger partial charge in [0.1, 0.15) is 6.54 Å². The topological polar surface area (TPSA) is 46.9 Å². The maximum absolute atomic E-state index is 11.4. The number of rotatable bonds is 4. The number of nitrogens with one attached hydrogen (secondary N) is 1. The van der Waals surface area contributed by atoms with E-state index in [1.165, 1.54) is 10.7 Å². The predicted octanol–water partition coefficient (Wildman–Crippen LogP) is 0.944. The lowest BCUT2D eigenvalue weighted by Gasteiger charge is -2.08. The Morgan fingerprint density at radius 1 is 1.67 bits per heavy atom. The fourth-order valence-corrected chi connectivity index (χ4v) is 1.06. The number of terminal acetylenes is 1. The second-order valence-electron chi connectivity index (χ2n) is 3.72. The minimum absolute atomic E-state index is 0.179. The SMILES string of the molecule is C#CCn1ncc(NCC(C)C)cc1=O. The molecule has 1 aromatic rings. The first-order chi connectivity index (χ1) is 7.13. The molecule has 4 nitrogen and oxygen atoms in total. The van der Waals surface area contributed by atoms with Gasteiger partial charge in [0.2, 0.25) is 0 Å².